The second-order valence-electron chi connectivity index (χ2n) is 2.91. The Morgan fingerprint density at radius 2 is 2.00 bits per heavy atom. The van der Waals surface area contributed by atoms with E-state index in [1.165, 1.54) is 31.2 Å². The number of nitrogens with two attached hydrogens (primary N) is 1. The third-order valence-corrected chi connectivity index (χ3v) is 1.76. The molecule has 1 amide bonds. The molecule has 0 spiro atoms. The first-order valence-corrected chi connectivity index (χ1v) is 4.21. The van der Waals surface area contributed by atoms with Gasteiger partial charge in [-0.05, 0) is 19.1 Å². The van der Waals surface area contributed by atoms with E-state index in [1.807, 2.05) is 0 Å². The number of primary amides is 1. The topological polar surface area (TPSA) is 95.5 Å². The quantitative estimate of drug-likeness (QED) is 0.588. The minimum atomic E-state index is -0.758. The van der Waals surface area contributed by atoms with Crippen molar-refractivity contribution in [2.24, 2.45) is 5.73 Å². The summed E-state index contributed by atoms with van der Waals surface area (Å²) >= 11 is 0. The fourth-order valence-corrected chi connectivity index (χ4v) is 0.909. The van der Waals surface area contributed by atoms with Crippen LogP contribution in [0.1, 0.15) is 6.92 Å². The summed E-state index contributed by atoms with van der Waals surface area (Å²) in [6.45, 7) is 1.50. The maximum Gasteiger partial charge on any atom is 0.269 e. The summed E-state index contributed by atoms with van der Waals surface area (Å²) in [7, 11) is 0. The van der Waals surface area contributed by atoms with Gasteiger partial charge in [-0.1, -0.05) is 0 Å². The number of ether oxygens (including phenoxy) is 1. The summed E-state index contributed by atoms with van der Waals surface area (Å²) in [4.78, 5) is 20.5. The fraction of sp³-hybridized carbons (Fsp3) is 0.222. The van der Waals surface area contributed by atoms with Gasteiger partial charge in [-0.2, -0.15) is 0 Å². The van der Waals surface area contributed by atoms with Crippen LogP contribution in [-0.2, 0) is 4.79 Å². The van der Waals surface area contributed by atoms with E-state index in [9.17, 15) is 14.9 Å². The van der Waals surface area contributed by atoms with Crippen molar-refractivity contribution in [3.8, 4) is 5.75 Å². The largest absolute Gasteiger partial charge is 0.481 e. The molecule has 1 rings (SSSR count). The van der Waals surface area contributed by atoms with Crippen LogP contribution in [0.25, 0.3) is 0 Å². The highest BCUT2D eigenvalue weighted by molar-refractivity contribution is 5.78. The number of amides is 1. The maximum atomic E-state index is 10.7. The molecule has 6 nitrogen and oxygen atoms in total. The third-order valence-electron chi connectivity index (χ3n) is 1.76. The van der Waals surface area contributed by atoms with Gasteiger partial charge in [-0.15, -0.1) is 0 Å². The molecule has 0 radical (unpaired) electrons. The Balaban J connectivity index is 2.72. The average Bonchev–Trinajstić information content (AvgIpc) is 2.18. The van der Waals surface area contributed by atoms with Crippen molar-refractivity contribution < 1.29 is 14.5 Å². The van der Waals surface area contributed by atoms with E-state index in [-0.39, 0.29) is 5.69 Å². The first kappa shape index (κ1) is 11.0. The van der Waals surface area contributed by atoms with Gasteiger partial charge in [0.1, 0.15) is 5.75 Å². The Hall–Kier alpha value is -2.11. The second-order valence-corrected chi connectivity index (χ2v) is 2.91. The molecule has 0 heterocycles. The number of rotatable bonds is 4. The van der Waals surface area contributed by atoms with Gasteiger partial charge in [0.05, 0.1) is 4.92 Å². The van der Waals surface area contributed by atoms with E-state index in [4.69, 9.17) is 10.5 Å². The van der Waals surface area contributed by atoms with Crippen molar-refractivity contribution in [3.63, 3.8) is 0 Å². The predicted molar refractivity (Wildman–Crippen MR) is 52.4 cm³/mol. The second kappa shape index (κ2) is 4.41. The number of non-ortho nitro benzene ring substituents is 1. The van der Waals surface area contributed by atoms with Gasteiger partial charge in [-0.3, -0.25) is 14.9 Å². The SMILES string of the molecule is C[C@H](Oc1ccc([N+](=O)[O-])cc1)C(N)=O. The molecule has 15 heavy (non-hydrogen) atoms. The predicted octanol–water partition coefficient (Wildman–Crippen LogP) is 0.847. The molecule has 1 atom stereocenters. The Bertz CT molecular complexity index is 374. The summed E-state index contributed by atoms with van der Waals surface area (Å²) in [6, 6.07) is 5.42. The van der Waals surface area contributed by atoms with E-state index in [0.29, 0.717) is 5.75 Å². The molecule has 0 aliphatic carbocycles. The Morgan fingerprint density at radius 3 is 2.40 bits per heavy atom. The first-order chi connectivity index (χ1) is 7.00. The van der Waals surface area contributed by atoms with Crippen LogP contribution in [0.4, 0.5) is 5.69 Å². The number of hydrogen-bond donors (Lipinski definition) is 1. The smallest absolute Gasteiger partial charge is 0.269 e. The number of benzene rings is 1. The lowest BCUT2D eigenvalue weighted by Crippen LogP contribution is -2.30. The molecule has 2 N–H and O–H groups in total. The minimum absolute atomic E-state index is 0.0333. The zero-order chi connectivity index (χ0) is 11.4. The summed E-state index contributed by atoms with van der Waals surface area (Å²) in [5, 5.41) is 10.3. The van der Waals surface area contributed by atoms with Crippen molar-refractivity contribution in [2.45, 2.75) is 13.0 Å². The van der Waals surface area contributed by atoms with Crippen LogP contribution in [0.3, 0.4) is 0 Å². The molecule has 0 aliphatic rings. The lowest BCUT2D eigenvalue weighted by atomic mass is 10.3. The van der Waals surface area contributed by atoms with E-state index in [1.54, 1.807) is 0 Å². The number of nitro groups is 1. The molecule has 0 unspecified atom stereocenters. The van der Waals surface area contributed by atoms with Crippen molar-refractivity contribution >= 4 is 11.6 Å². The van der Waals surface area contributed by atoms with Gasteiger partial charge in [0.15, 0.2) is 6.10 Å². The van der Waals surface area contributed by atoms with Crippen LogP contribution < -0.4 is 10.5 Å². The van der Waals surface area contributed by atoms with Gasteiger partial charge >= 0.3 is 0 Å². The van der Waals surface area contributed by atoms with Crippen molar-refractivity contribution in [2.75, 3.05) is 0 Å². The number of nitro benzene ring substituents is 1. The third kappa shape index (κ3) is 2.94. The summed E-state index contributed by atoms with van der Waals surface area (Å²) in [5.74, 6) is -0.222. The van der Waals surface area contributed by atoms with Crippen LogP contribution in [0, 0.1) is 10.1 Å². The lowest BCUT2D eigenvalue weighted by molar-refractivity contribution is -0.384. The van der Waals surface area contributed by atoms with Crippen LogP contribution in [0.5, 0.6) is 5.75 Å². The summed E-state index contributed by atoms with van der Waals surface area (Å²) < 4.78 is 5.11. The molecule has 1 aromatic rings. The first-order valence-electron chi connectivity index (χ1n) is 4.21. The number of nitrogens with zero attached hydrogens (tertiary/aromatic N) is 1. The lowest BCUT2D eigenvalue weighted by Gasteiger charge is -2.10. The fourth-order valence-electron chi connectivity index (χ4n) is 0.909. The van der Waals surface area contributed by atoms with Gasteiger partial charge in [-0.25, -0.2) is 0 Å². The highest BCUT2D eigenvalue weighted by Gasteiger charge is 2.11. The van der Waals surface area contributed by atoms with Gasteiger partial charge in [0, 0.05) is 12.1 Å². The molecule has 0 fully saturated rings. The van der Waals surface area contributed by atoms with Crippen molar-refractivity contribution in [3.05, 3.63) is 34.4 Å². The van der Waals surface area contributed by atoms with Gasteiger partial charge < -0.3 is 10.5 Å². The highest BCUT2D eigenvalue weighted by atomic mass is 16.6. The van der Waals surface area contributed by atoms with E-state index in [0.717, 1.165) is 0 Å². The monoisotopic (exact) mass is 210 g/mol. The van der Waals surface area contributed by atoms with Crippen molar-refractivity contribution in [1.82, 2.24) is 0 Å². The Kier molecular flexibility index (Phi) is 3.22. The van der Waals surface area contributed by atoms with Crippen LogP contribution in [0.2, 0.25) is 0 Å². The minimum Gasteiger partial charge on any atom is -0.481 e. The molecule has 0 aliphatic heterocycles. The highest BCUT2D eigenvalue weighted by Crippen LogP contribution is 2.18. The van der Waals surface area contributed by atoms with Crippen LogP contribution in [0.15, 0.2) is 24.3 Å². The van der Waals surface area contributed by atoms with Crippen LogP contribution in [-0.4, -0.2) is 16.9 Å². The molecule has 0 saturated heterocycles. The molecule has 6 heteroatoms. The summed E-state index contributed by atoms with van der Waals surface area (Å²) in [6.07, 6.45) is -0.758. The normalized spacial score (nSPS) is 11.8. The van der Waals surface area contributed by atoms with Crippen molar-refractivity contribution in [1.29, 1.82) is 0 Å². The van der Waals surface area contributed by atoms with Gasteiger partial charge in [0.2, 0.25) is 0 Å². The summed E-state index contributed by atoms with van der Waals surface area (Å²) in [5.41, 5.74) is 4.96. The van der Waals surface area contributed by atoms with E-state index < -0.39 is 16.9 Å². The van der Waals surface area contributed by atoms with E-state index in [2.05, 4.69) is 0 Å². The van der Waals surface area contributed by atoms with Crippen LogP contribution >= 0.6 is 0 Å². The molecule has 0 aromatic heterocycles. The van der Waals surface area contributed by atoms with E-state index >= 15 is 0 Å². The molecule has 0 bridgehead atoms. The zero-order valence-corrected chi connectivity index (χ0v) is 8.04. The standard InChI is InChI=1S/C9H10N2O4/c1-6(9(10)12)15-8-4-2-7(3-5-8)11(13)14/h2-6H,1H3,(H2,10,12)/t6-/m0/s1. The molecular formula is C9H10N2O4. The number of carbonyl (C=O) groups is 1. The Morgan fingerprint density at radius 1 is 1.47 bits per heavy atom. The molecule has 1 aromatic carbocycles. The zero-order valence-electron chi connectivity index (χ0n) is 8.04. The number of hydrogen-bond acceptors (Lipinski definition) is 4. The Labute approximate surface area is 85.8 Å². The maximum absolute atomic E-state index is 10.7. The number of carbonyl (C=O) groups excluding carboxylic acids is 1. The molecule has 80 valence electrons. The molecule has 0 saturated carbocycles. The average molecular weight is 210 g/mol. The molecular weight excluding hydrogens is 200 g/mol. The van der Waals surface area contributed by atoms with Gasteiger partial charge in [0.25, 0.3) is 11.6 Å².